The number of thioether (sulfide) groups is 1. The van der Waals surface area contributed by atoms with E-state index in [1.54, 1.807) is 18.0 Å². The highest BCUT2D eigenvalue weighted by Gasteiger charge is 2.31. The zero-order valence-electron chi connectivity index (χ0n) is 23.6. The topological polar surface area (TPSA) is 192 Å². The molecule has 0 fully saturated rings. The van der Waals surface area contributed by atoms with Gasteiger partial charge in [-0.1, -0.05) is 32.0 Å². The van der Waals surface area contributed by atoms with Crippen molar-refractivity contribution < 1.29 is 24.3 Å². The number of aliphatic carboxylic acids is 1. The van der Waals surface area contributed by atoms with Gasteiger partial charge in [0, 0.05) is 23.5 Å². The number of rotatable bonds is 18. The number of para-hydroxylation sites is 1. The maximum absolute atomic E-state index is 13.6. The van der Waals surface area contributed by atoms with Crippen molar-refractivity contribution in [2.24, 2.45) is 17.4 Å². The number of carbonyl (C=O) groups is 4. The van der Waals surface area contributed by atoms with Crippen molar-refractivity contribution in [3.63, 3.8) is 0 Å². The number of hydrogen-bond acceptors (Lipinski definition) is 7. The SMILES string of the molecule is CSCCC(N)C(=O)NC(Cc1c[nH]c2ccccc12)C(=O)NC(CCCCN)C(=O)NC(CC(C)C)C(=O)O. The van der Waals surface area contributed by atoms with E-state index >= 15 is 0 Å². The third kappa shape index (κ3) is 10.5. The Balaban J connectivity index is 2.28. The number of nitrogens with one attached hydrogen (secondary N) is 4. The Kier molecular flexibility index (Phi) is 14.0. The third-order valence-corrected chi connectivity index (χ3v) is 7.25. The van der Waals surface area contributed by atoms with E-state index < -0.39 is 47.9 Å². The largest absolute Gasteiger partial charge is 0.480 e. The molecule has 11 nitrogen and oxygen atoms in total. The molecule has 1 aromatic heterocycles. The van der Waals surface area contributed by atoms with Crippen LogP contribution in [0.4, 0.5) is 0 Å². The van der Waals surface area contributed by atoms with E-state index in [0.29, 0.717) is 31.6 Å². The molecule has 1 aromatic carbocycles. The highest BCUT2D eigenvalue weighted by Crippen LogP contribution is 2.19. The van der Waals surface area contributed by atoms with Gasteiger partial charge in [-0.05, 0) is 68.2 Å². The molecular formula is C28H44N6O5S. The lowest BCUT2D eigenvalue weighted by molar-refractivity contribution is -0.142. The molecule has 3 amide bonds. The number of carboxylic acid groups (broad SMARTS) is 1. The number of H-pyrrole nitrogens is 1. The molecule has 222 valence electrons. The minimum Gasteiger partial charge on any atom is -0.480 e. The summed E-state index contributed by atoms with van der Waals surface area (Å²) in [7, 11) is 0. The Labute approximate surface area is 240 Å². The maximum atomic E-state index is 13.6. The van der Waals surface area contributed by atoms with Gasteiger partial charge in [0.15, 0.2) is 0 Å². The normalized spacial score (nSPS) is 14.3. The predicted molar refractivity (Wildman–Crippen MR) is 159 cm³/mol. The molecule has 0 bridgehead atoms. The summed E-state index contributed by atoms with van der Waals surface area (Å²) in [5.74, 6) is -2.01. The predicted octanol–water partition coefficient (Wildman–Crippen LogP) is 1.50. The van der Waals surface area contributed by atoms with Gasteiger partial charge < -0.3 is 37.5 Å². The summed E-state index contributed by atoms with van der Waals surface area (Å²) in [5.41, 5.74) is 13.4. The van der Waals surface area contributed by atoms with Gasteiger partial charge in [-0.3, -0.25) is 14.4 Å². The second-order valence-electron chi connectivity index (χ2n) is 10.4. The van der Waals surface area contributed by atoms with Gasteiger partial charge in [-0.2, -0.15) is 11.8 Å². The van der Waals surface area contributed by atoms with Crippen LogP contribution in [0.2, 0.25) is 0 Å². The molecule has 40 heavy (non-hydrogen) atoms. The van der Waals surface area contributed by atoms with Gasteiger partial charge in [0.2, 0.25) is 17.7 Å². The van der Waals surface area contributed by atoms with Crippen LogP contribution in [0.15, 0.2) is 30.5 Å². The zero-order chi connectivity index (χ0) is 29.7. The van der Waals surface area contributed by atoms with Crippen LogP contribution in [-0.4, -0.2) is 76.5 Å². The maximum Gasteiger partial charge on any atom is 0.326 e. The number of fused-ring (bicyclic) bond motifs is 1. The van der Waals surface area contributed by atoms with E-state index in [2.05, 4.69) is 20.9 Å². The van der Waals surface area contributed by atoms with E-state index in [0.717, 1.165) is 16.5 Å². The van der Waals surface area contributed by atoms with Gasteiger partial charge in [0.25, 0.3) is 0 Å². The van der Waals surface area contributed by atoms with E-state index in [1.165, 1.54) is 0 Å². The molecule has 0 aliphatic carbocycles. The fourth-order valence-electron chi connectivity index (χ4n) is 4.38. The van der Waals surface area contributed by atoms with Crippen LogP contribution >= 0.6 is 11.8 Å². The molecule has 0 aliphatic rings. The minimum absolute atomic E-state index is 0.0396. The molecule has 4 atom stereocenters. The Morgan fingerprint density at radius 3 is 2.25 bits per heavy atom. The number of benzene rings is 1. The van der Waals surface area contributed by atoms with Crippen molar-refractivity contribution in [1.29, 1.82) is 0 Å². The Morgan fingerprint density at radius 1 is 0.950 bits per heavy atom. The van der Waals surface area contributed by atoms with Crippen LogP contribution in [0.1, 0.15) is 51.5 Å². The average molecular weight is 577 g/mol. The highest BCUT2D eigenvalue weighted by atomic mass is 32.2. The van der Waals surface area contributed by atoms with Crippen molar-refractivity contribution in [2.75, 3.05) is 18.6 Å². The van der Waals surface area contributed by atoms with Gasteiger partial charge in [0.1, 0.15) is 18.1 Å². The number of aromatic amines is 1. The molecule has 0 spiro atoms. The first-order valence-corrected chi connectivity index (χ1v) is 15.1. The lowest BCUT2D eigenvalue weighted by Gasteiger charge is -2.25. The van der Waals surface area contributed by atoms with Crippen LogP contribution < -0.4 is 27.4 Å². The summed E-state index contributed by atoms with van der Waals surface area (Å²) in [6.45, 7) is 4.15. The van der Waals surface area contributed by atoms with Crippen molar-refractivity contribution in [3.8, 4) is 0 Å². The summed E-state index contributed by atoms with van der Waals surface area (Å²) in [6.07, 6.45) is 6.03. The van der Waals surface area contributed by atoms with Crippen molar-refractivity contribution in [2.45, 2.75) is 76.5 Å². The summed E-state index contributed by atoms with van der Waals surface area (Å²) >= 11 is 1.57. The molecule has 0 radical (unpaired) electrons. The second kappa shape index (κ2) is 16.9. The number of nitrogens with two attached hydrogens (primary N) is 2. The Bertz CT molecular complexity index is 1120. The zero-order valence-corrected chi connectivity index (χ0v) is 24.4. The standard InChI is InChI=1S/C28H44N6O5S/c1-17(2)14-24(28(38)39)34-26(36)22(10-6-7-12-29)32-27(37)23(33-25(35)20(30)11-13-40-3)15-18-16-31-21-9-5-4-8-19(18)21/h4-5,8-9,16-17,20,22-24,31H,6-7,10-15,29-30H2,1-3H3,(H,32,37)(H,33,35)(H,34,36)(H,38,39). The molecule has 2 rings (SSSR count). The van der Waals surface area contributed by atoms with Crippen LogP contribution in [0, 0.1) is 5.92 Å². The molecule has 0 saturated heterocycles. The van der Waals surface area contributed by atoms with E-state index in [-0.39, 0.29) is 25.2 Å². The van der Waals surface area contributed by atoms with E-state index in [9.17, 15) is 24.3 Å². The number of carboxylic acids is 1. The van der Waals surface area contributed by atoms with Gasteiger partial charge in [0.05, 0.1) is 6.04 Å². The second-order valence-corrected chi connectivity index (χ2v) is 11.4. The summed E-state index contributed by atoms with van der Waals surface area (Å²) in [6, 6.07) is 3.74. The van der Waals surface area contributed by atoms with Crippen molar-refractivity contribution >= 4 is 46.4 Å². The number of amides is 3. The van der Waals surface area contributed by atoms with Crippen LogP contribution in [0.3, 0.4) is 0 Å². The molecule has 0 saturated carbocycles. The molecular weight excluding hydrogens is 532 g/mol. The summed E-state index contributed by atoms with van der Waals surface area (Å²) in [5, 5.41) is 18.6. The number of carbonyl (C=O) groups excluding carboxylic acids is 3. The molecule has 1 heterocycles. The first kappa shape index (κ1) is 33.1. The molecule has 12 heteroatoms. The van der Waals surface area contributed by atoms with Gasteiger partial charge >= 0.3 is 5.97 Å². The van der Waals surface area contributed by atoms with E-state index in [4.69, 9.17) is 11.5 Å². The lowest BCUT2D eigenvalue weighted by atomic mass is 10.0. The molecule has 9 N–H and O–H groups in total. The molecule has 2 aromatic rings. The molecule has 0 aliphatic heterocycles. The van der Waals surface area contributed by atoms with Gasteiger partial charge in [-0.15, -0.1) is 0 Å². The Hall–Kier alpha value is -3.09. The van der Waals surface area contributed by atoms with Gasteiger partial charge in [-0.25, -0.2) is 4.79 Å². The van der Waals surface area contributed by atoms with Crippen LogP contribution in [0.25, 0.3) is 10.9 Å². The fourth-order valence-corrected chi connectivity index (χ4v) is 4.87. The Morgan fingerprint density at radius 2 is 1.60 bits per heavy atom. The molecule has 4 unspecified atom stereocenters. The quantitative estimate of drug-likeness (QED) is 0.130. The fraction of sp³-hybridized carbons (Fsp3) is 0.571. The first-order valence-electron chi connectivity index (χ1n) is 13.7. The van der Waals surface area contributed by atoms with Crippen molar-refractivity contribution in [1.82, 2.24) is 20.9 Å². The highest BCUT2D eigenvalue weighted by molar-refractivity contribution is 7.98. The lowest BCUT2D eigenvalue weighted by Crippen LogP contribution is -2.57. The monoisotopic (exact) mass is 576 g/mol. The number of aromatic nitrogens is 1. The van der Waals surface area contributed by atoms with Crippen LogP contribution in [-0.2, 0) is 25.6 Å². The average Bonchev–Trinajstić information content (AvgIpc) is 3.32. The third-order valence-electron chi connectivity index (χ3n) is 6.60. The van der Waals surface area contributed by atoms with Crippen molar-refractivity contribution in [3.05, 3.63) is 36.0 Å². The number of unbranched alkanes of at least 4 members (excludes halogenated alkanes) is 1. The summed E-state index contributed by atoms with van der Waals surface area (Å²) < 4.78 is 0. The van der Waals surface area contributed by atoms with Crippen LogP contribution in [0.5, 0.6) is 0 Å². The first-order chi connectivity index (χ1) is 19.1. The number of hydrogen-bond donors (Lipinski definition) is 7. The smallest absolute Gasteiger partial charge is 0.326 e. The van der Waals surface area contributed by atoms with E-state index in [1.807, 2.05) is 44.4 Å². The summed E-state index contributed by atoms with van der Waals surface area (Å²) in [4.78, 5) is 54.7. The minimum atomic E-state index is -1.14.